The normalized spacial score (nSPS) is 14.5. The van der Waals surface area contributed by atoms with E-state index in [-0.39, 0.29) is 22.2 Å². The molecule has 0 unspecified atom stereocenters. The topological polar surface area (TPSA) is 119 Å². The molecule has 41 heavy (non-hydrogen) atoms. The molecule has 0 spiro atoms. The van der Waals surface area contributed by atoms with Crippen LogP contribution in [0, 0.1) is 0 Å². The molecule has 0 saturated carbocycles. The quantitative estimate of drug-likeness (QED) is 0.240. The fourth-order valence-corrected chi connectivity index (χ4v) is 5.90. The number of carbonyl (C=O) groups excluding carboxylic acids is 1. The molecule has 1 aliphatic heterocycles. The van der Waals surface area contributed by atoms with Gasteiger partial charge in [0.1, 0.15) is 5.75 Å². The molecule has 1 saturated heterocycles. The van der Waals surface area contributed by atoms with Gasteiger partial charge in [-0.2, -0.15) is 0 Å². The summed E-state index contributed by atoms with van der Waals surface area (Å²) in [6.45, 7) is 7.41. The van der Waals surface area contributed by atoms with Gasteiger partial charge in [-0.1, -0.05) is 45.0 Å². The van der Waals surface area contributed by atoms with Crippen LogP contribution in [0.3, 0.4) is 0 Å². The molecule has 3 N–H and O–H groups in total. The Labute approximate surface area is 240 Å². The van der Waals surface area contributed by atoms with Crippen LogP contribution in [0.1, 0.15) is 39.2 Å². The number of carbonyl (C=O) groups is 1. The third-order valence-electron chi connectivity index (χ3n) is 7.14. The molecule has 1 aromatic heterocycles. The van der Waals surface area contributed by atoms with Crippen LogP contribution in [0.15, 0.2) is 71.6 Å². The minimum atomic E-state index is -3.85. The van der Waals surface area contributed by atoms with E-state index in [0.717, 1.165) is 11.1 Å². The highest BCUT2D eigenvalue weighted by atomic mass is 32.2. The fraction of sp³-hybridized carbons (Fsp3) is 0.323. The Balaban J connectivity index is 1.49. The molecule has 216 valence electrons. The van der Waals surface area contributed by atoms with Gasteiger partial charge >= 0.3 is 6.09 Å². The van der Waals surface area contributed by atoms with Crippen molar-refractivity contribution in [2.45, 2.75) is 50.0 Å². The second-order valence-corrected chi connectivity index (χ2v) is 12.8. The molecule has 0 aliphatic carbocycles. The number of fused-ring (bicyclic) bond motifs is 1. The Morgan fingerprint density at radius 2 is 1.73 bits per heavy atom. The number of H-pyrrole nitrogens is 1. The molecular formula is C31H35N3O6S. The van der Waals surface area contributed by atoms with Gasteiger partial charge in [-0.25, -0.2) is 13.2 Å². The summed E-state index contributed by atoms with van der Waals surface area (Å²) in [6.07, 6.45) is 0.854. The molecule has 1 aliphatic rings. The smallest absolute Gasteiger partial charge is 0.414 e. The van der Waals surface area contributed by atoms with E-state index in [1.165, 1.54) is 0 Å². The number of aromatic nitrogens is 1. The minimum Gasteiger partial charge on any atom is -0.497 e. The number of hydrogen-bond acceptors (Lipinski definition) is 6. The zero-order valence-electron chi connectivity index (χ0n) is 23.6. The molecule has 5 rings (SSSR count). The van der Waals surface area contributed by atoms with Crippen LogP contribution in [0.2, 0.25) is 0 Å². The van der Waals surface area contributed by atoms with E-state index in [1.54, 1.807) is 37.4 Å². The highest BCUT2D eigenvalue weighted by Crippen LogP contribution is 2.40. The summed E-state index contributed by atoms with van der Waals surface area (Å²) >= 11 is 0. The monoisotopic (exact) mass is 577 g/mol. The van der Waals surface area contributed by atoms with Gasteiger partial charge in [-0.05, 0) is 71.8 Å². The summed E-state index contributed by atoms with van der Waals surface area (Å²) in [5.41, 5.74) is 3.35. The maximum Gasteiger partial charge on any atom is 0.414 e. The summed E-state index contributed by atoms with van der Waals surface area (Å²) in [4.78, 5) is 16.2. The Kier molecular flexibility index (Phi) is 7.97. The van der Waals surface area contributed by atoms with Crippen LogP contribution < -0.4 is 19.5 Å². The summed E-state index contributed by atoms with van der Waals surface area (Å²) in [6, 6.07) is 19.4. The van der Waals surface area contributed by atoms with Crippen molar-refractivity contribution in [2.24, 2.45) is 0 Å². The summed E-state index contributed by atoms with van der Waals surface area (Å²) in [5.74, 6) is 0.876. The van der Waals surface area contributed by atoms with E-state index in [4.69, 9.17) is 14.2 Å². The molecular weight excluding hydrogens is 542 g/mol. The highest BCUT2D eigenvalue weighted by molar-refractivity contribution is 7.92. The second-order valence-electron chi connectivity index (χ2n) is 11.1. The molecule has 1 amide bonds. The average Bonchev–Trinajstić information content (AvgIpc) is 3.29. The van der Waals surface area contributed by atoms with E-state index in [9.17, 15) is 13.2 Å². The van der Waals surface area contributed by atoms with Crippen LogP contribution in [-0.4, -0.2) is 45.9 Å². The summed E-state index contributed by atoms with van der Waals surface area (Å²) in [5, 5.41) is 3.59. The predicted molar refractivity (Wildman–Crippen MR) is 159 cm³/mol. The Morgan fingerprint density at radius 1 is 1.00 bits per heavy atom. The van der Waals surface area contributed by atoms with Crippen LogP contribution >= 0.6 is 0 Å². The number of methoxy groups -OCH3 is 1. The molecule has 0 atom stereocenters. The SMILES string of the molecule is COc1cccc(-c2c(OC(=O)NC3CCOCC3)[nH]c3ccc(NS(=O)(=O)c4ccc(C(C)(C)C)cc4)cc23)c1. The lowest BCUT2D eigenvalue weighted by Crippen LogP contribution is -2.40. The van der Waals surface area contributed by atoms with E-state index in [1.807, 2.05) is 36.4 Å². The number of sulfonamides is 1. The van der Waals surface area contributed by atoms with E-state index < -0.39 is 16.1 Å². The molecule has 0 bridgehead atoms. The second kappa shape index (κ2) is 11.5. The van der Waals surface area contributed by atoms with Crippen molar-refractivity contribution in [1.29, 1.82) is 0 Å². The first-order chi connectivity index (χ1) is 19.5. The molecule has 2 heterocycles. The van der Waals surface area contributed by atoms with Crippen LogP contribution in [-0.2, 0) is 20.2 Å². The summed E-state index contributed by atoms with van der Waals surface area (Å²) < 4.78 is 45.8. The zero-order valence-corrected chi connectivity index (χ0v) is 24.4. The number of hydrogen-bond donors (Lipinski definition) is 3. The Morgan fingerprint density at radius 3 is 2.41 bits per heavy atom. The van der Waals surface area contributed by atoms with Crippen LogP contribution in [0.5, 0.6) is 11.6 Å². The molecule has 3 aromatic carbocycles. The van der Waals surface area contributed by atoms with Gasteiger partial charge in [-0.3, -0.25) is 4.72 Å². The van der Waals surface area contributed by atoms with Crippen molar-refractivity contribution >= 4 is 32.7 Å². The highest BCUT2D eigenvalue weighted by Gasteiger charge is 2.23. The largest absolute Gasteiger partial charge is 0.497 e. The third-order valence-corrected chi connectivity index (χ3v) is 8.54. The standard InChI is InChI=1S/C31H35N3O6S/c1-31(2,3)21-8-11-25(12-9-21)41(36,37)34-23-10-13-27-26(19-23)28(20-6-5-7-24(18-20)38-4)29(33-27)40-30(35)32-22-14-16-39-17-15-22/h5-13,18-19,22,33-34H,14-17H2,1-4H3,(H,32,35). The average molecular weight is 578 g/mol. The molecule has 9 nitrogen and oxygen atoms in total. The van der Waals surface area contributed by atoms with Gasteiger partial charge in [0.15, 0.2) is 0 Å². The summed E-state index contributed by atoms with van der Waals surface area (Å²) in [7, 11) is -2.27. The van der Waals surface area contributed by atoms with Crippen molar-refractivity contribution in [2.75, 3.05) is 25.0 Å². The first-order valence-electron chi connectivity index (χ1n) is 13.5. The number of anilines is 1. The molecule has 1 fully saturated rings. The van der Waals surface area contributed by atoms with E-state index in [2.05, 4.69) is 35.8 Å². The maximum atomic E-state index is 13.3. The third kappa shape index (κ3) is 6.49. The van der Waals surface area contributed by atoms with Crippen molar-refractivity contribution in [3.8, 4) is 22.8 Å². The van der Waals surface area contributed by atoms with Crippen LogP contribution in [0.4, 0.5) is 10.5 Å². The molecule has 4 aromatic rings. The number of aromatic amines is 1. The van der Waals surface area contributed by atoms with Gasteiger partial charge in [0.2, 0.25) is 5.88 Å². The molecule has 10 heteroatoms. The Hall–Kier alpha value is -4.02. The van der Waals surface area contributed by atoms with Gasteiger partial charge in [0.25, 0.3) is 10.0 Å². The number of nitrogens with one attached hydrogen (secondary N) is 3. The van der Waals surface area contributed by atoms with Crippen molar-refractivity contribution in [3.63, 3.8) is 0 Å². The lowest BCUT2D eigenvalue weighted by molar-refractivity contribution is 0.0777. The van der Waals surface area contributed by atoms with Crippen LogP contribution in [0.25, 0.3) is 22.0 Å². The first-order valence-corrected chi connectivity index (χ1v) is 15.0. The fourth-order valence-electron chi connectivity index (χ4n) is 4.85. The van der Waals surface area contributed by atoms with Gasteiger partial charge < -0.3 is 24.5 Å². The van der Waals surface area contributed by atoms with Gasteiger partial charge in [0, 0.05) is 35.8 Å². The van der Waals surface area contributed by atoms with Gasteiger partial charge in [0.05, 0.1) is 17.6 Å². The lowest BCUT2D eigenvalue weighted by atomic mass is 9.87. The van der Waals surface area contributed by atoms with E-state index in [0.29, 0.717) is 54.0 Å². The first kappa shape index (κ1) is 28.5. The molecule has 0 radical (unpaired) electrons. The van der Waals surface area contributed by atoms with Crippen molar-refractivity contribution < 1.29 is 27.4 Å². The lowest BCUT2D eigenvalue weighted by Gasteiger charge is -2.22. The number of benzene rings is 3. The Bertz CT molecular complexity index is 1650. The van der Waals surface area contributed by atoms with Gasteiger partial charge in [-0.15, -0.1) is 0 Å². The number of rotatable bonds is 7. The number of ether oxygens (including phenoxy) is 3. The number of amides is 1. The minimum absolute atomic E-state index is 0.0284. The van der Waals surface area contributed by atoms with Crippen molar-refractivity contribution in [1.82, 2.24) is 10.3 Å². The van der Waals surface area contributed by atoms with Crippen molar-refractivity contribution in [3.05, 3.63) is 72.3 Å². The van der Waals surface area contributed by atoms with E-state index >= 15 is 0 Å². The predicted octanol–water partition coefficient (Wildman–Crippen LogP) is 6.21. The maximum absolute atomic E-state index is 13.3. The zero-order chi connectivity index (χ0) is 29.2.